The van der Waals surface area contributed by atoms with Crippen molar-refractivity contribution in [1.82, 2.24) is 29.7 Å². The fraction of sp³-hybridized carbons (Fsp3) is 0.231. The molecule has 0 radical (unpaired) electrons. The lowest BCUT2D eigenvalue weighted by molar-refractivity contribution is -0.159. The van der Waals surface area contributed by atoms with Gasteiger partial charge >= 0.3 is 30.1 Å². The van der Waals surface area contributed by atoms with Crippen molar-refractivity contribution in [1.29, 1.82) is 0 Å². The molecule has 17 nitrogen and oxygen atoms in total. The number of carboxylic acid groups (broad SMARTS) is 4. The van der Waals surface area contributed by atoms with E-state index in [4.69, 9.17) is 44.3 Å². The zero-order valence-corrected chi connectivity index (χ0v) is 31.5. The van der Waals surface area contributed by atoms with E-state index in [1.54, 1.807) is 18.3 Å². The number of aryl methyl sites for hydroxylation is 1. The summed E-state index contributed by atoms with van der Waals surface area (Å²) in [5.74, 6) is -7.21. The van der Waals surface area contributed by atoms with E-state index >= 15 is 0 Å². The molecule has 1 aliphatic rings. The van der Waals surface area contributed by atoms with Crippen molar-refractivity contribution >= 4 is 46.6 Å². The van der Waals surface area contributed by atoms with E-state index in [2.05, 4.69) is 27.1 Å². The minimum atomic E-state index is -4.62. The summed E-state index contributed by atoms with van der Waals surface area (Å²) in [6.45, 7) is 4.88. The van der Waals surface area contributed by atoms with Gasteiger partial charge in [0.15, 0.2) is 0 Å². The number of alkyl halides is 3. The van der Waals surface area contributed by atoms with E-state index < -0.39 is 41.5 Å². The van der Waals surface area contributed by atoms with Gasteiger partial charge in [-0.3, -0.25) is 19.5 Å². The Balaban J connectivity index is 0.000000561. The van der Waals surface area contributed by atoms with Crippen LogP contribution in [-0.4, -0.2) is 113 Å². The average Bonchev–Trinajstić information content (AvgIpc) is 3.53. The number of pyridine rings is 2. The maximum absolute atomic E-state index is 13.8. The zero-order chi connectivity index (χ0) is 43.6. The Bertz CT molecular complexity index is 2300. The molecule has 2 amide bonds. The normalized spacial score (nSPS) is 13.9. The molecule has 0 saturated carbocycles. The van der Waals surface area contributed by atoms with E-state index in [1.807, 2.05) is 46.8 Å². The number of ether oxygens (including phenoxy) is 1. The predicted octanol–water partition coefficient (Wildman–Crippen LogP) is 4.46. The van der Waals surface area contributed by atoms with Crippen molar-refractivity contribution in [2.24, 2.45) is 7.05 Å². The van der Waals surface area contributed by atoms with Gasteiger partial charge in [-0.25, -0.2) is 24.2 Å². The van der Waals surface area contributed by atoms with Crippen molar-refractivity contribution in [3.63, 3.8) is 0 Å². The highest BCUT2D eigenvalue weighted by Crippen LogP contribution is 2.38. The molecular weight excluding hydrogens is 785 g/mol. The molecule has 1 aliphatic heterocycles. The van der Waals surface area contributed by atoms with E-state index in [0.717, 1.165) is 48.4 Å². The van der Waals surface area contributed by atoms with Crippen LogP contribution in [0.1, 0.15) is 39.0 Å². The summed E-state index contributed by atoms with van der Waals surface area (Å²) >= 11 is 0. The second-order valence-electron chi connectivity index (χ2n) is 12.8. The minimum absolute atomic E-state index is 0.0180. The molecule has 0 aliphatic carbocycles. The molecule has 2 aromatic carbocycles. The maximum atomic E-state index is 13.8. The number of nitrogens with zero attached hydrogens (tertiary/aromatic N) is 5. The number of piperazine rings is 1. The van der Waals surface area contributed by atoms with E-state index in [1.165, 1.54) is 31.4 Å². The van der Waals surface area contributed by atoms with Gasteiger partial charge in [0.2, 0.25) is 5.88 Å². The van der Waals surface area contributed by atoms with Gasteiger partial charge in [0.05, 0.1) is 11.3 Å². The van der Waals surface area contributed by atoms with Crippen LogP contribution in [0.3, 0.4) is 0 Å². The molecule has 20 heteroatoms. The molecule has 3 aromatic heterocycles. The van der Waals surface area contributed by atoms with Crippen LogP contribution >= 0.6 is 0 Å². The first-order chi connectivity index (χ1) is 27.8. The lowest BCUT2D eigenvalue weighted by atomic mass is 9.97. The van der Waals surface area contributed by atoms with Crippen LogP contribution in [-0.2, 0) is 38.9 Å². The monoisotopic (exact) mass is 822 g/mol. The number of hydrogen-bond acceptors (Lipinski definition) is 10. The Morgan fingerprint density at radius 1 is 0.847 bits per heavy atom. The van der Waals surface area contributed by atoms with Gasteiger partial charge in [-0.1, -0.05) is 6.07 Å². The number of hydrogen-bond donors (Lipinski definition) is 5. The molecule has 310 valence electrons. The SMILES string of the molecule is CNC(=O)c1ccc(C(F)(F)F)c(-c2ccc(Oc3ccc4c(c3)cc(C(=O)N3CCN(Cc5ccccn5)C[C@H]3C)n4C)nc2)c1.O=C(O)C(=O)O.O=C(O)C(=O)O. The molecular formula is C39H37F3N6O11. The second-order valence-corrected chi connectivity index (χ2v) is 12.8. The Labute approximate surface area is 332 Å². The fourth-order valence-corrected chi connectivity index (χ4v) is 5.98. The molecule has 0 bridgehead atoms. The van der Waals surface area contributed by atoms with Crippen molar-refractivity contribution in [3.8, 4) is 22.8 Å². The summed E-state index contributed by atoms with van der Waals surface area (Å²) in [6, 6.07) is 19.3. The summed E-state index contributed by atoms with van der Waals surface area (Å²) < 4.78 is 49.1. The van der Waals surface area contributed by atoms with Crippen LogP contribution in [0.15, 0.2) is 85.2 Å². The fourth-order valence-electron chi connectivity index (χ4n) is 5.98. The lowest BCUT2D eigenvalue weighted by Gasteiger charge is -2.39. The van der Waals surface area contributed by atoms with Crippen molar-refractivity contribution in [2.75, 3.05) is 26.7 Å². The largest absolute Gasteiger partial charge is 0.473 e. The van der Waals surface area contributed by atoms with Crippen LogP contribution < -0.4 is 10.1 Å². The number of carboxylic acids is 4. The third kappa shape index (κ3) is 11.6. The average molecular weight is 823 g/mol. The van der Waals surface area contributed by atoms with Gasteiger partial charge in [-0.05, 0) is 73.2 Å². The highest BCUT2D eigenvalue weighted by molar-refractivity contribution is 6.27. The van der Waals surface area contributed by atoms with Crippen LogP contribution in [0.5, 0.6) is 11.6 Å². The first kappa shape index (κ1) is 44.4. The molecule has 1 atom stereocenters. The number of rotatable bonds is 7. The molecule has 1 saturated heterocycles. The summed E-state index contributed by atoms with van der Waals surface area (Å²) in [4.78, 5) is 75.0. The number of carbonyl (C=O) groups is 6. The molecule has 59 heavy (non-hydrogen) atoms. The molecule has 5 aromatic rings. The van der Waals surface area contributed by atoms with Crippen LogP contribution in [0.25, 0.3) is 22.0 Å². The standard InChI is InChI=1S/C35H33F3N6O3.2C2H2O4/c1-22-20-43(21-26-6-4-5-13-40-26)14-15-44(22)34(46)31-18-25-16-27(9-11-30(25)42(31)3)47-32-12-8-24(19-41-32)28-17-23(33(45)39-2)7-10-29(28)35(36,37)38;2*3-1(4)2(5)6/h4-13,16-19,22H,14-15,20-21H2,1-3H3,(H,39,45);2*(H,3,4)(H,5,6)/t22-;;/m1../s1. The number of amides is 2. The van der Waals surface area contributed by atoms with E-state index in [9.17, 15) is 22.8 Å². The Morgan fingerprint density at radius 2 is 1.53 bits per heavy atom. The number of carbonyl (C=O) groups excluding carboxylic acids is 2. The van der Waals surface area contributed by atoms with E-state index in [-0.39, 0.29) is 34.5 Å². The molecule has 5 N–H and O–H groups in total. The molecule has 0 unspecified atom stereocenters. The molecule has 6 rings (SSSR count). The Hall–Kier alpha value is -7.35. The molecule has 4 heterocycles. The number of aromatic nitrogens is 3. The third-order valence-corrected chi connectivity index (χ3v) is 8.77. The summed E-state index contributed by atoms with van der Waals surface area (Å²) in [5.41, 5.74) is 1.66. The van der Waals surface area contributed by atoms with Crippen LogP contribution in [0.2, 0.25) is 0 Å². The smallest absolute Gasteiger partial charge is 0.417 e. The number of halogens is 3. The van der Waals surface area contributed by atoms with Crippen LogP contribution in [0, 0.1) is 0 Å². The van der Waals surface area contributed by atoms with Gasteiger partial charge in [0.1, 0.15) is 11.4 Å². The van der Waals surface area contributed by atoms with Crippen molar-refractivity contribution in [2.45, 2.75) is 25.7 Å². The zero-order valence-electron chi connectivity index (χ0n) is 31.5. The van der Waals surface area contributed by atoms with Gasteiger partial charge in [0, 0.05) is 86.8 Å². The second kappa shape index (κ2) is 19.2. The third-order valence-electron chi connectivity index (χ3n) is 8.77. The van der Waals surface area contributed by atoms with Gasteiger partial charge in [-0.2, -0.15) is 13.2 Å². The maximum Gasteiger partial charge on any atom is 0.417 e. The highest BCUT2D eigenvalue weighted by Gasteiger charge is 2.34. The molecule has 1 fully saturated rings. The highest BCUT2D eigenvalue weighted by atomic mass is 19.4. The van der Waals surface area contributed by atoms with Crippen molar-refractivity contribution < 1.29 is 67.1 Å². The van der Waals surface area contributed by atoms with Gasteiger partial charge in [-0.15, -0.1) is 0 Å². The lowest BCUT2D eigenvalue weighted by Crippen LogP contribution is -2.53. The summed E-state index contributed by atoms with van der Waals surface area (Å²) in [7, 11) is 3.26. The first-order valence-corrected chi connectivity index (χ1v) is 17.3. The number of fused-ring (bicyclic) bond motifs is 1. The topological polar surface area (TPSA) is 242 Å². The Morgan fingerprint density at radius 3 is 2.07 bits per heavy atom. The Kier molecular flexibility index (Phi) is 14.4. The molecule has 0 spiro atoms. The predicted molar refractivity (Wildman–Crippen MR) is 202 cm³/mol. The van der Waals surface area contributed by atoms with Crippen LogP contribution in [0.4, 0.5) is 13.2 Å². The summed E-state index contributed by atoms with van der Waals surface area (Å²) in [5, 5.41) is 32.8. The number of benzene rings is 2. The first-order valence-electron chi connectivity index (χ1n) is 17.3. The number of nitrogens with one attached hydrogen (secondary N) is 1. The quantitative estimate of drug-likeness (QED) is 0.142. The van der Waals surface area contributed by atoms with Gasteiger partial charge < -0.3 is 39.9 Å². The minimum Gasteiger partial charge on any atom is -0.473 e. The number of aliphatic carboxylic acids is 4. The van der Waals surface area contributed by atoms with E-state index in [0.29, 0.717) is 18.0 Å². The summed E-state index contributed by atoms with van der Waals surface area (Å²) in [6.07, 6.45) is -1.55. The van der Waals surface area contributed by atoms with Crippen molar-refractivity contribution in [3.05, 3.63) is 108 Å². The van der Waals surface area contributed by atoms with Gasteiger partial charge in [0.25, 0.3) is 11.8 Å².